The highest BCUT2D eigenvalue weighted by molar-refractivity contribution is 9.10. The highest BCUT2D eigenvalue weighted by Gasteiger charge is 2.38. The molecule has 0 aliphatic heterocycles. The van der Waals surface area contributed by atoms with Crippen molar-refractivity contribution < 1.29 is 27.1 Å². The molecule has 1 unspecified atom stereocenters. The third kappa shape index (κ3) is 3.33. The molecule has 0 bridgehead atoms. The molecule has 0 aliphatic carbocycles. The lowest BCUT2D eigenvalue weighted by atomic mass is 10.0. The molecule has 1 aromatic carbocycles. The first-order valence-corrected chi connectivity index (χ1v) is 7.73. The van der Waals surface area contributed by atoms with Gasteiger partial charge in [-0.05, 0) is 35.3 Å². The Kier molecular flexibility index (Phi) is 4.88. The van der Waals surface area contributed by atoms with E-state index in [0.29, 0.717) is 6.07 Å². The van der Waals surface area contributed by atoms with Crippen molar-refractivity contribution in [3.8, 4) is 0 Å². The smallest absolute Gasteiger partial charge is 0.324 e. The molecule has 1 rings (SSSR count). The van der Waals surface area contributed by atoms with E-state index >= 15 is 0 Å². The minimum atomic E-state index is -4.47. The lowest BCUT2D eigenvalue weighted by Gasteiger charge is -2.24. The molecule has 112 valence electrons. The van der Waals surface area contributed by atoms with E-state index < -0.39 is 38.1 Å². The van der Waals surface area contributed by atoms with Gasteiger partial charge in [-0.25, -0.2) is 17.2 Å². The average Bonchev–Trinajstić information content (AvgIpc) is 2.25. The molecule has 0 fully saturated rings. The van der Waals surface area contributed by atoms with Crippen molar-refractivity contribution >= 4 is 31.9 Å². The van der Waals surface area contributed by atoms with Gasteiger partial charge in [0.25, 0.3) is 0 Å². The van der Waals surface area contributed by atoms with Crippen LogP contribution in [-0.2, 0) is 14.8 Å². The summed E-state index contributed by atoms with van der Waals surface area (Å²) in [6, 6.07) is 1.19. The summed E-state index contributed by atoms with van der Waals surface area (Å²) >= 11 is 2.75. The number of sulfonamides is 1. The summed E-state index contributed by atoms with van der Waals surface area (Å²) in [5.41, 5.74) is -1.79. The summed E-state index contributed by atoms with van der Waals surface area (Å²) in [5, 5.41) is 9.03. The fourth-order valence-electron chi connectivity index (χ4n) is 1.40. The van der Waals surface area contributed by atoms with Crippen LogP contribution in [0.15, 0.2) is 21.5 Å². The second-order valence-electron chi connectivity index (χ2n) is 4.29. The second kappa shape index (κ2) is 5.74. The zero-order chi connectivity index (χ0) is 15.7. The number of hydrogen-bond acceptors (Lipinski definition) is 3. The Balaban J connectivity index is 3.36. The van der Waals surface area contributed by atoms with Crippen molar-refractivity contribution in [3.05, 3.63) is 28.2 Å². The number of carbonyl (C=O) groups is 1. The van der Waals surface area contributed by atoms with Crippen molar-refractivity contribution in [3.63, 3.8) is 0 Å². The zero-order valence-corrected chi connectivity index (χ0v) is 13.0. The molecule has 0 radical (unpaired) electrons. The first-order chi connectivity index (χ1) is 9.03. The maximum absolute atomic E-state index is 13.7. The van der Waals surface area contributed by atoms with E-state index in [1.165, 1.54) is 6.92 Å². The predicted molar refractivity (Wildman–Crippen MR) is 70.7 cm³/mol. The van der Waals surface area contributed by atoms with Gasteiger partial charge in [0.2, 0.25) is 10.0 Å². The summed E-state index contributed by atoms with van der Waals surface area (Å²) in [6.45, 7) is 2.62. The van der Waals surface area contributed by atoms with Crippen molar-refractivity contribution in [1.29, 1.82) is 0 Å². The van der Waals surface area contributed by atoms with E-state index in [4.69, 9.17) is 5.11 Å². The number of carboxylic acid groups (broad SMARTS) is 1. The summed E-state index contributed by atoms with van der Waals surface area (Å²) in [6.07, 6.45) is -0.0536. The average molecular weight is 372 g/mol. The molecule has 0 aliphatic rings. The van der Waals surface area contributed by atoms with E-state index in [1.54, 1.807) is 0 Å². The molecule has 0 amide bonds. The number of carboxylic acids is 1. The Morgan fingerprint density at radius 3 is 2.40 bits per heavy atom. The number of aliphatic carboxylic acids is 1. The van der Waals surface area contributed by atoms with Crippen molar-refractivity contribution in [2.45, 2.75) is 30.7 Å². The van der Waals surface area contributed by atoms with Crippen LogP contribution >= 0.6 is 15.9 Å². The molecule has 0 spiro atoms. The van der Waals surface area contributed by atoms with Crippen LogP contribution in [0.25, 0.3) is 0 Å². The molecular formula is C11H12BrF2NO4S. The first-order valence-electron chi connectivity index (χ1n) is 5.45. The number of halogens is 3. The van der Waals surface area contributed by atoms with E-state index in [0.717, 1.165) is 13.0 Å². The van der Waals surface area contributed by atoms with Crippen LogP contribution in [0.3, 0.4) is 0 Å². The summed E-state index contributed by atoms with van der Waals surface area (Å²) < 4.78 is 52.4. The molecule has 1 atom stereocenters. The van der Waals surface area contributed by atoms with Crippen LogP contribution in [0, 0.1) is 11.6 Å². The number of nitrogens with one attached hydrogen (secondary N) is 1. The molecule has 0 saturated heterocycles. The van der Waals surface area contributed by atoms with Crippen molar-refractivity contribution in [2.24, 2.45) is 0 Å². The lowest BCUT2D eigenvalue weighted by Crippen LogP contribution is -2.51. The quantitative estimate of drug-likeness (QED) is 0.831. The summed E-state index contributed by atoms with van der Waals surface area (Å²) in [7, 11) is -4.47. The van der Waals surface area contributed by atoms with Gasteiger partial charge in [-0.15, -0.1) is 0 Å². The SMILES string of the molecule is CCC(C)(NS(=O)(=O)c1c(F)cc(F)cc1Br)C(=O)O. The Morgan fingerprint density at radius 2 is 2.00 bits per heavy atom. The van der Waals surface area contributed by atoms with Gasteiger partial charge in [0, 0.05) is 10.5 Å². The molecule has 9 heteroatoms. The number of hydrogen-bond donors (Lipinski definition) is 2. The molecule has 20 heavy (non-hydrogen) atoms. The van der Waals surface area contributed by atoms with Gasteiger partial charge in [-0.2, -0.15) is 4.72 Å². The Morgan fingerprint density at radius 1 is 1.45 bits per heavy atom. The lowest BCUT2D eigenvalue weighted by molar-refractivity contribution is -0.143. The van der Waals surface area contributed by atoms with Gasteiger partial charge >= 0.3 is 5.97 Å². The van der Waals surface area contributed by atoms with Gasteiger partial charge < -0.3 is 5.11 Å². The van der Waals surface area contributed by atoms with E-state index in [9.17, 15) is 22.0 Å². The number of rotatable bonds is 5. The van der Waals surface area contributed by atoms with E-state index in [-0.39, 0.29) is 10.9 Å². The molecule has 1 aromatic rings. The number of benzene rings is 1. The van der Waals surface area contributed by atoms with Crippen LogP contribution in [0.4, 0.5) is 8.78 Å². The van der Waals surface area contributed by atoms with Crippen molar-refractivity contribution in [2.75, 3.05) is 0 Å². The third-order valence-electron chi connectivity index (χ3n) is 2.77. The van der Waals surface area contributed by atoms with Crippen LogP contribution in [0.2, 0.25) is 0 Å². The molecule has 0 heterocycles. The molecule has 0 saturated carbocycles. The minimum absolute atomic E-state index is 0.0536. The standard InChI is InChI=1S/C11H12BrF2NO4S/c1-3-11(2,10(16)17)15-20(18,19)9-7(12)4-6(13)5-8(9)14/h4-5,15H,3H2,1-2H3,(H,16,17). The van der Waals surface area contributed by atoms with Gasteiger partial charge in [-0.3, -0.25) is 4.79 Å². The maximum atomic E-state index is 13.7. The minimum Gasteiger partial charge on any atom is -0.480 e. The van der Waals surface area contributed by atoms with Gasteiger partial charge in [0.05, 0.1) is 0 Å². The normalized spacial score (nSPS) is 14.8. The van der Waals surface area contributed by atoms with Crippen LogP contribution in [0.1, 0.15) is 20.3 Å². The zero-order valence-electron chi connectivity index (χ0n) is 10.6. The van der Waals surface area contributed by atoms with E-state index in [2.05, 4.69) is 15.9 Å². The highest BCUT2D eigenvalue weighted by Crippen LogP contribution is 2.27. The first kappa shape index (κ1) is 17.0. The van der Waals surface area contributed by atoms with Gasteiger partial charge in [0.1, 0.15) is 22.1 Å². The monoisotopic (exact) mass is 371 g/mol. The summed E-state index contributed by atoms with van der Waals surface area (Å²) in [5.74, 6) is -3.67. The molecule has 5 nitrogen and oxygen atoms in total. The van der Waals surface area contributed by atoms with Crippen LogP contribution < -0.4 is 4.72 Å². The largest absolute Gasteiger partial charge is 0.480 e. The Hall–Kier alpha value is -1.06. The molecule has 2 N–H and O–H groups in total. The third-order valence-corrected chi connectivity index (χ3v) is 5.33. The van der Waals surface area contributed by atoms with Gasteiger partial charge in [-0.1, -0.05) is 6.92 Å². The second-order valence-corrected chi connectivity index (χ2v) is 6.77. The van der Waals surface area contributed by atoms with Crippen LogP contribution in [-0.4, -0.2) is 25.0 Å². The topological polar surface area (TPSA) is 83.5 Å². The maximum Gasteiger partial charge on any atom is 0.324 e. The summed E-state index contributed by atoms with van der Waals surface area (Å²) in [4.78, 5) is 10.3. The fraction of sp³-hybridized carbons (Fsp3) is 0.364. The highest BCUT2D eigenvalue weighted by atomic mass is 79.9. The molecular weight excluding hydrogens is 360 g/mol. The molecule has 0 aromatic heterocycles. The Labute approximate surface area is 123 Å². The van der Waals surface area contributed by atoms with E-state index in [1.807, 2.05) is 4.72 Å². The Bertz CT molecular complexity index is 627. The van der Waals surface area contributed by atoms with Crippen molar-refractivity contribution in [1.82, 2.24) is 4.72 Å². The van der Waals surface area contributed by atoms with Crippen LogP contribution in [0.5, 0.6) is 0 Å². The predicted octanol–water partition coefficient (Wildman–Crippen LogP) is 2.26. The fourth-order valence-corrected chi connectivity index (χ4v) is 4.01. The van der Waals surface area contributed by atoms with Gasteiger partial charge in [0.15, 0.2) is 0 Å².